The molecule has 0 amide bonds. The quantitative estimate of drug-likeness (QED) is 0.159. The minimum absolute atomic E-state index is 0.0922. The van der Waals surface area contributed by atoms with Gasteiger partial charge in [-0.05, 0) is 112 Å². The first-order valence-corrected chi connectivity index (χ1v) is 19.0. The summed E-state index contributed by atoms with van der Waals surface area (Å²) in [6.07, 6.45) is 5.28. The number of imidazole rings is 1. The van der Waals surface area contributed by atoms with Gasteiger partial charge in [0.25, 0.3) is 0 Å². The normalized spacial score (nSPS) is 17.1. The fourth-order valence-corrected chi connectivity index (χ4v) is 8.43. The third-order valence-electron chi connectivity index (χ3n) is 11.8. The van der Waals surface area contributed by atoms with Gasteiger partial charge in [0.1, 0.15) is 28.5 Å². The van der Waals surface area contributed by atoms with Gasteiger partial charge in [0.05, 0.1) is 5.69 Å². The molecule has 5 aromatic carbocycles. The molecule has 8 aromatic rings. The van der Waals surface area contributed by atoms with Crippen LogP contribution in [-0.4, -0.2) is 9.55 Å². The molecule has 1 unspecified atom stereocenters. The van der Waals surface area contributed by atoms with Crippen molar-refractivity contribution in [3.8, 4) is 50.8 Å². The van der Waals surface area contributed by atoms with E-state index in [1.54, 1.807) is 0 Å². The van der Waals surface area contributed by atoms with Gasteiger partial charge in [-0.2, -0.15) is 0 Å². The van der Waals surface area contributed by atoms with E-state index in [1.165, 1.54) is 33.5 Å². The van der Waals surface area contributed by atoms with Gasteiger partial charge in [-0.1, -0.05) is 108 Å². The van der Waals surface area contributed by atoms with E-state index in [9.17, 15) is 0 Å². The molecule has 1 saturated carbocycles. The smallest absolute Gasteiger partial charge is 0.144 e. The van der Waals surface area contributed by atoms with Crippen molar-refractivity contribution in [2.45, 2.75) is 72.1 Å². The molecule has 0 saturated heterocycles. The van der Waals surface area contributed by atoms with Crippen molar-refractivity contribution in [1.29, 1.82) is 0 Å². The van der Waals surface area contributed by atoms with E-state index < -0.39 is 0 Å². The van der Waals surface area contributed by atoms with E-state index in [-0.39, 0.29) is 5.41 Å². The highest BCUT2D eigenvalue weighted by Gasteiger charge is 2.49. The van der Waals surface area contributed by atoms with Crippen LogP contribution in [-0.2, 0) is 5.41 Å². The van der Waals surface area contributed by atoms with Gasteiger partial charge in [-0.25, -0.2) is 4.98 Å². The van der Waals surface area contributed by atoms with Crippen LogP contribution in [0.2, 0.25) is 0 Å². The molecule has 4 nitrogen and oxygen atoms in total. The molecule has 0 spiro atoms. The Kier molecular flexibility index (Phi) is 7.85. The van der Waals surface area contributed by atoms with Crippen LogP contribution in [0.25, 0.3) is 72.8 Å². The van der Waals surface area contributed by atoms with E-state index in [1.807, 2.05) is 18.3 Å². The van der Waals surface area contributed by atoms with Crippen LogP contribution in [0.15, 0.2) is 130 Å². The highest BCUT2D eigenvalue weighted by molar-refractivity contribution is 6.05. The van der Waals surface area contributed by atoms with E-state index in [2.05, 4.69) is 156 Å². The second kappa shape index (κ2) is 12.5. The number of fused-ring (bicyclic) bond motifs is 3. The molecule has 264 valence electrons. The zero-order chi connectivity index (χ0) is 36.6. The molecule has 0 N–H and O–H groups in total. The Bertz CT molecular complexity index is 2620. The molecule has 0 radical (unpaired) electrons. The van der Waals surface area contributed by atoms with Crippen molar-refractivity contribution in [1.82, 2.24) is 9.55 Å². The van der Waals surface area contributed by atoms with Crippen LogP contribution in [0.1, 0.15) is 82.1 Å². The molecule has 3 heterocycles. The fourth-order valence-electron chi connectivity index (χ4n) is 8.43. The predicted octanol–water partition coefficient (Wildman–Crippen LogP) is 13.9. The van der Waals surface area contributed by atoms with Gasteiger partial charge in [0.2, 0.25) is 0 Å². The average Bonchev–Trinajstić information content (AvgIpc) is 3.59. The van der Waals surface area contributed by atoms with Crippen LogP contribution in [0.3, 0.4) is 0 Å². The van der Waals surface area contributed by atoms with Gasteiger partial charge in [0.15, 0.2) is 0 Å². The maximum absolute atomic E-state index is 6.75. The van der Waals surface area contributed by atoms with Gasteiger partial charge in [-0.15, -0.1) is 0 Å². The highest BCUT2D eigenvalue weighted by Crippen LogP contribution is 2.56. The Labute approximate surface area is 312 Å². The second-order valence-electron chi connectivity index (χ2n) is 16.0. The van der Waals surface area contributed by atoms with Crippen LogP contribution in [0.5, 0.6) is 0 Å². The van der Waals surface area contributed by atoms with Crippen molar-refractivity contribution in [3.05, 3.63) is 144 Å². The zero-order valence-corrected chi connectivity index (χ0v) is 31.7. The lowest BCUT2D eigenvalue weighted by Crippen LogP contribution is -2.11. The Morgan fingerprint density at radius 2 is 1.38 bits per heavy atom. The number of furan rings is 2. The predicted molar refractivity (Wildman–Crippen MR) is 219 cm³/mol. The minimum Gasteiger partial charge on any atom is -0.456 e. The third-order valence-corrected chi connectivity index (χ3v) is 11.8. The Morgan fingerprint density at radius 1 is 0.698 bits per heavy atom. The molecule has 1 fully saturated rings. The molecule has 4 heteroatoms. The Morgan fingerprint density at radius 3 is 2.09 bits per heavy atom. The number of hydrogen-bond donors (Lipinski definition) is 0. The number of rotatable bonds is 8. The summed E-state index contributed by atoms with van der Waals surface area (Å²) in [5.74, 6) is 3.91. The Balaban J connectivity index is 1.19. The summed E-state index contributed by atoms with van der Waals surface area (Å²) in [5, 5.41) is 2.24. The van der Waals surface area contributed by atoms with Gasteiger partial charge >= 0.3 is 0 Å². The zero-order valence-electron chi connectivity index (χ0n) is 31.7. The second-order valence-corrected chi connectivity index (χ2v) is 16.0. The van der Waals surface area contributed by atoms with Crippen LogP contribution >= 0.6 is 0 Å². The SMILES string of the molecule is Cc1cc(-c2ccc3c(c2)oc2ccccc23)oc1-c1ccc(C2(C)C[C@@H]2C)c(-c2nccn2-c2c(C(C)C)cc(-c3ccccc3)cc2C(C)C)c1. The topological polar surface area (TPSA) is 44.1 Å². The summed E-state index contributed by atoms with van der Waals surface area (Å²) in [6, 6.07) is 39.1. The number of hydrogen-bond acceptors (Lipinski definition) is 3. The first kappa shape index (κ1) is 33.2. The van der Waals surface area contributed by atoms with Gasteiger partial charge < -0.3 is 8.83 Å². The number of aromatic nitrogens is 2. The van der Waals surface area contributed by atoms with Crippen molar-refractivity contribution in [2.75, 3.05) is 0 Å². The van der Waals surface area contributed by atoms with Crippen LogP contribution in [0, 0.1) is 12.8 Å². The number of benzene rings is 5. The minimum atomic E-state index is 0.0922. The van der Waals surface area contributed by atoms with Gasteiger partial charge in [-0.3, -0.25) is 4.57 Å². The molecule has 0 aliphatic heterocycles. The summed E-state index contributed by atoms with van der Waals surface area (Å²) >= 11 is 0. The largest absolute Gasteiger partial charge is 0.456 e. The molecular weight excluding hydrogens is 649 g/mol. The molecule has 0 bridgehead atoms. The molecule has 1 aliphatic carbocycles. The van der Waals surface area contributed by atoms with Crippen LogP contribution in [0.4, 0.5) is 0 Å². The summed E-state index contributed by atoms with van der Waals surface area (Å²) in [4.78, 5) is 5.15. The lowest BCUT2D eigenvalue weighted by molar-refractivity contribution is 0.595. The lowest BCUT2D eigenvalue weighted by Gasteiger charge is -2.25. The molecule has 9 rings (SSSR count). The molecule has 53 heavy (non-hydrogen) atoms. The van der Waals surface area contributed by atoms with Crippen LogP contribution < -0.4 is 0 Å². The van der Waals surface area contributed by atoms with Crippen molar-refractivity contribution < 1.29 is 8.83 Å². The fraction of sp³-hybridized carbons (Fsp3) is 0.245. The maximum atomic E-state index is 6.75. The number of nitrogens with zero attached hydrogens (tertiary/aromatic N) is 2. The monoisotopic (exact) mass is 694 g/mol. The summed E-state index contributed by atoms with van der Waals surface area (Å²) in [6.45, 7) is 16.1. The molecule has 3 aromatic heterocycles. The molecule has 1 aliphatic rings. The Hall–Kier alpha value is -5.61. The van der Waals surface area contributed by atoms with Crippen molar-refractivity contribution >= 4 is 21.9 Å². The van der Waals surface area contributed by atoms with E-state index >= 15 is 0 Å². The molecular formula is C49H46N2O2. The maximum Gasteiger partial charge on any atom is 0.144 e. The van der Waals surface area contributed by atoms with E-state index in [0.717, 1.165) is 68.0 Å². The lowest BCUT2D eigenvalue weighted by atomic mass is 9.87. The third kappa shape index (κ3) is 5.55. The molecule has 2 atom stereocenters. The highest BCUT2D eigenvalue weighted by atomic mass is 16.3. The van der Waals surface area contributed by atoms with Crippen molar-refractivity contribution in [3.63, 3.8) is 0 Å². The number of para-hydroxylation sites is 1. The van der Waals surface area contributed by atoms with Crippen molar-refractivity contribution in [2.24, 2.45) is 5.92 Å². The standard InChI is InChI=1S/C49H46N2O2/c1-29(2)39-25-36(33-13-9-8-10-14-33)26-40(30(3)4)46(39)51-22-21-50-48(51)41-24-35(18-20-42(41)49(7)28-32(49)6)47-31(5)23-44(53-47)34-17-19-38-37-15-11-12-16-43(37)52-45(38)27-34/h8-27,29-30,32H,28H2,1-7H3/t32-,49?/m0/s1. The van der Waals surface area contributed by atoms with E-state index in [4.69, 9.17) is 13.8 Å². The van der Waals surface area contributed by atoms with Gasteiger partial charge in [0, 0.05) is 39.9 Å². The summed E-state index contributed by atoms with van der Waals surface area (Å²) in [5.41, 5.74) is 13.9. The first-order valence-electron chi connectivity index (χ1n) is 19.0. The number of aryl methyl sites for hydroxylation is 1. The van der Waals surface area contributed by atoms with E-state index in [0.29, 0.717) is 17.8 Å². The average molecular weight is 695 g/mol. The first-order chi connectivity index (χ1) is 25.6. The summed E-state index contributed by atoms with van der Waals surface area (Å²) < 4.78 is 15.3. The summed E-state index contributed by atoms with van der Waals surface area (Å²) in [7, 11) is 0.